The molecule has 2 aromatic heterocycles. The number of pyridine rings is 1. The number of rotatable bonds is 6. The summed E-state index contributed by atoms with van der Waals surface area (Å²) in [6.07, 6.45) is 3.13. The van der Waals surface area contributed by atoms with Crippen LogP contribution in [0, 0.1) is 11.3 Å². The second-order valence-electron chi connectivity index (χ2n) is 7.63. The summed E-state index contributed by atoms with van der Waals surface area (Å²) in [7, 11) is 2.25. The van der Waals surface area contributed by atoms with E-state index in [-0.39, 0.29) is 0 Å². The molecule has 2 aliphatic heterocycles. The van der Waals surface area contributed by atoms with Gasteiger partial charge in [-0.15, -0.1) is 11.3 Å². The lowest BCUT2D eigenvalue weighted by molar-refractivity contribution is 0.0501. The average Bonchev–Trinajstić information content (AvgIpc) is 3.32. The fourth-order valence-electron chi connectivity index (χ4n) is 4.52. The quantitative estimate of drug-likeness (QED) is 0.794. The van der Waals surface area contributed by atoms with Crippen LogP contribution in [0.25, 0.3) is 0 Å². The molecule has 0 aromatic carbocycles. The SMILES string of the molecule is CN1C[C@@H](COCc2ccccn2)[C@@]2(CCN(Cc3cccs3)C2)C1. The zero-order valence-electron chi connectivity index (χ0n) is 14.9. The lowest BCUT2D eigenvalue weighted by Crippen LogP contribution is -2.36. The highest BCUT2D eigenvalue weighted by molar-refractivity contribution is 7.09. The van der Waals surface area contributed by atoms with Gasteiger partial charge in [-0.05, 0) is 43.6 Å². The van der Waals surface area contributed by atoms with Crippen molar-refractivity contribution in [2.45, 2.75) is 19.6 Å². The van der Waals surface area contributed by atoms with Crippen LogP contribution in [0.4, 0.5) is 0 Å². The first-order chi connectivity index (χ1) is 12.2. The topological polar surface area (TPSA) is 28.6 Å². The van der Waals surface area contributed by atoms with Gasteiger partial charge in [0.1, 0.15) is 0 Å². The van der Waals surface area contributed by atoms with Crippen LogP contribution in [0.2, 0.25) is 0 Å². The molecule has 0 aliphatic carbocycles. The first kappa shape index (κ1) is 17.2. The van der Waals surface area contributed by atoms with Crippen LogP contribution in [0.15, 0.2) is 41.9 Å². The Morgan fingerprint density at radius 1 is 1.28 bits per heavy atom. The Morgan fingerprint density at radius 3 is 3.04 bits per heavy atom. The van der Waals surface area contributed by atoms with Crippen LogP contribution >= 0.6 is 11.3 Å². The van der Waals surface area contributed by atoms with Gasteiger partial charge in [-0.2, -0.15) is 0 Å². The van der Waals surface area contributed by atoms with Crippen LogP contribution < -0.4 is 0 Å². The van der Waals surface area contributed by atoms with E-state index in [1.54, 1.807) is 0 Å². The van der Waals surface area contributed by atoms with Gasteiger partial charge < -0.3 is 9.64 Å². The Morgan fingerprint density at radius 2 is 2.24 bits per heavy atom. The maximum absolute atomic E-state index is 6.07. The fourth-order valence-corrected chi connectivity index (χ4v) is 5.27. The predicted molar refractivity (Wildman–Crippen MR) is 102 cm³/mol. The second-order valence-corrected chi connectivity index (χ2v) is 8.66. The summed E-state index contributed by atoms with van der Waals surface area (Å²) in [5, 5.41) is 2.18. The van der Waals surface area contributed by atoms with Crippen molar-refractivity contribution < 1.29 is 4.74 Å². The van der Waals surface area contributed by atoms with Gasteiger partial charge in [0, 0.05) is 48.6 Å². The maximum Gasteiger partial charge on any atom is 0.0887 e. The molecule has 0 saturated carbocycles. The Bertz CT molecular complexity index is 663. The first-order valence-electron chi connectivity index (χ1n) is 9.14. The molecule has 2 saturated heterocycles. The third kappa shape index (κ3) is 3.95. The molecule has 2 aromatic rings. The Balaban J connectivity index is 1.34. The summed E-state index contributed by atoms with van der Waals surface area (Å²) in [6, 6.07) is 10.4. The number of thiophene rings is 1. The van der Waals surface area contributed by atoms with Crippen molar-refractivity contribution in [3.8, 4) is 0 Å². The standard InChI is InChI=1S/C20H27N3OS/c1-22-11-17(13-24-14-18-5-2-3-8-21-18)20(15-22)7-9-23(16-20)12-19-6-4-10-25-19/h2-6,8,10,17H,7,9,11-16H2,1H3/t17-,20-/m0/s1. The molecule has 4 heterocycles. The van der Waals surface area contributed by atoms with Crippen molar-refractivity contribution in [3.05, 3.63) is 52.5 Å². The molecule has 0 N–H and O–H groups in total. The van der Waals surface area contributed by atoms with Gasteiger partial charge in [-0.25, -0.2) is 0 Å². The Kier molecular flexibility index (Phi) is 5.17. The largest absolute Gasteiger partial charge is 0.375 e. The highest BCUT2D eigenvalue weighted by Crippen LogP contribution is 2.44. The fraction of sp³-hybridized carbons (Fsp3) is 0.550. The predicted octanol–water partition coefficient (Wildman–Crippen LogP) is 3.11. The molecule has 1 spiro atoms. The van der Waals surface area contributed by atoms with E-state index in [0.29, 0.717) is 17.9 Å². The van der Waals surface area contributed by atoms with Crippen LogP contribution in [0.3, 0.4) is 0 Å². The second kappa shape index (κ2) is 7.54. The molecular formula is C20H27N3OS. The van der Waals surface area contributed by atoms with Crippen molar-refractivity contribution in [1.82, 2.24) is 14.8 Å². The third-order valence-corrected chi connectivity index (χ3v) is 6.56. The maximum atomic E-state index is 6.07. The van der Waals surface area contributed by atoms with Gasteiger partial charge in [0.2, 0.25) is 0 Å². The normalized spacial score (nSPS) is 27.5. The van der Waals surface area contributed by atoms with Crippen LogP contribution in [0.1, 0.15) is 17.0 Å². The minimum absolute atomic E-state index is 0.399. The molecule has 5 heteroatoms. The van der Waals surface area contributed by atoms with Gasteiger partial charge in [-0.1, -0.05) is 12.1 Å². The zero-order valence-corrected chi connectivity index (χ0v) is 15.8. The average molecular weight is 358 g/mol. The number of ether oxygens (including phenoxy) is 1. The molecule has 0 radical (unpaired) electrons. The van der Waals surface area contributed by atoms with Crippen molar-refractivity contribution >= 4 is 11.3 Å². The van der Waals surface area contributed by atoms with Crippen molar-refractivity contribution in [2.75, 3.05) is 39.8 Å². The van der Waals surface area contributed by atoms with Gasteiger partial charge >= 0.3 is 0 Å². The molecular weight excluding hydrogens is 330 g/mol. The van der Waals surface area contributed by atoms with Crippen molar-refractivity contribution in [3.63, 3.8) is 0 Å². The van der Waals surface area contributed by atoms with E-state index < -0.39 is 0 Å². The van der Waals surface area contributed by atoms with E-state index in [2.05, 4.69) is 39.3 Å². The smallest absolute Gasteiger partial charge is 0.0887 e. The molecule has 4 rings (SSSR count). The molecule has 0 bridgehead atoms. The van der Waals surface area contributed by atoms with Gasteiger partial charge in [0.25, 0.3) is 0 Å². The third-order valence-electron chi connectivity index (χ3n) is 5.70. The molecule has 4 nitrogen and oxygen atoms in total. The molecule has 2 aliphatic rings. The summed E-state index contributed by atoms with van der Waals surface area (Å²) >= 11 is 1.87. The molecule has 25 heavy (non-hydrogen) atoms. The summed E-state index contributed by atoms with van der Waals surface area (Å²) in [6.45, 7) is 7.32. The summed E-state index contributed by atoms with van der Waals surface area (Å²) in [4.78, 5) is 11.0. The monoisotopic (exact) mass is 357 g/mol. The molecule has 0 amide bonds. The lowest BCUT2D eigenvalue weighted by atomic mass is 9.77. The molecule has 2 fully saturated rings. The lowest BCUT2D eigenvalue weighted by Gasteiger charge is -2.30. The first-order valence-corrected chi connectivity index (χ1v) is 10.0. The minimum Gasteiger partial charge on any atom is -0.375 e. The van der Waals surface area contributed by atoms with Crippen LogP contribution in [-0.4, -0.2) is 54.6 Å². The van der Waals surface area contributed by atoms with Gasteiger partial charge in [-0.3, -0.25) is 9.88 Å². The van der Waals surface area contributed by atoms with E-state index in [0.717, 1.165) is 25.4 Å². The Labute approximate surface area is 154 Å². The molecule has 0 unspecified atom stereocenters. The number of aromatic nitrogens is 1. The van der Waals surface area contributed by atoms with Crippen LogP contribution in [-0.2, 0) is 17.9 Å². The van der Waals surface area contributed by atoms with Gasteiger partial charge in [0.05, 0.1) is 18.9 Å². The van der Waals surface area contributed by atoms with Crippen molar-refractivity contribution in [2.24, 2.45) is 11.3 Å². The number of nitrogens with zero attached hydrogens (tertiary/aromatic N) is 3. The van der Waals surface area contributed by atoms with E-state index >= 15 is 0 Å². The summed E-state index contributed by atoms with van der Waals surface area (Å²) in [5.74, 6) is 0.620. The highest BCUT2D eigenvalue weighted by Gasteiger charge is 2.49. The number of likely N-dealkylation sites (tertiary alicyclic amines) is 2. The molecule has 134 valence electrons. The van der Waals surface area contributed by atoms with Gasteiger partial charge in [0.15, 0.2) is 0 Å². The van der Waals surface area contributed by atoms with E-state index in [1.807, 2.05) is 35.7 Å². The van der Waals surface area contributed by atoms with Crippen molar-refractivity contribution in [1.29, 1.82) is 0 Å². The highest BCUT2D eigenvalue weighted by atomic mass is 32.1. The van der Waals surface area contributed by atoms with E-state index in [9.17, 15) is 0 Å². The van der Waals surface area contributed by atoms with Crippen LogP contribution in [0.5, 0.6) is 0 Å². The minimum atomic E-state index is 0.399. The Hall–Kier alpha value is -1.27. The van der Waals surface area contributed by atoms with E-state index in [1.165, 1.54) is 30.9 Å². The molecule has 2 atom stereocenters. The zero-order chi connectivity index (χ0) is 17.1. The number of hydrogen-bond acceptors (Lipinski definition) is 5. The number of hydrogen-bond donors (Lipinski definition) is 0. The summed E-state index contributed by atoms with van der Waals surface area (Å²) < 4.78 is 6.07. The van der Waals surface area contributed by atoms with E-state index in [4.69, 9.17) is 4.74 Å². The summed E-state index contributed by atoms with van der Waals surface area (Å²) in [5.41, 5.74) is 1.42.